The molecule has 0 heterocycles. The molecule has 0 fully saturated rings. The van der Waals surface area contributed by atoms with E-state index < -0.39 is 0 Å². The molecule has 0 aromatic heterocycles. The van der Waals surface area contributed by atoms with Crippen molar-refractivity contribution < 1.29 is 9.84 Å². The van der Waals surface area contributed by atoms with Gasteiger partial charge in [0.1, 0.15) is 5.75 Å². The number of rotatable bonds is 4. The van der Waals surface area contributed by atoms with Crippen LogP contribution in [0.1, 0.15) is 24.5 Å². The molecule has 0 aliphatic rings. The summed E-state index contributed by atoms with van der Waals surface area (Å²) in [7, 11) is 0. The SMILES string of the molecule is Cc1cccc(OC(C)CCO)c1C. The van der Waals surface area contributed by atoms with E-state index in [0.29, 0.717) is 6.42 Å². The number of aliphatic hydroxyl groups excluding tert-OH is 1. The molecule has 0 saturated carbocycles. The molecule has 1 rings (SSSR count). The Morgan fingerprint density at radius 3 is 2.71 bits per heavy atom. The Labute approximate surface area is 85.5 Å². The molecule has 1 unspecified atom stereocenters. The number of hydrogen-bond acceptors (Lipinski definition) is 2. The highest BCUT2D eigenvalue weighted by Crippen LogP contribution is 2.22. The van der Waals surface area contributed by atoms with Crippen LogP contribution in [0, 0.1) is 13.8 Å². The molecular weight excluding hydrogens is 176 g/mol. The van der Waals surface area contributed by atoms with Crippen molar-refractivity contribution in [1.82, 2.24) is 0 Å². The van der Waals surface area contributed by atoms with Crippen molar-refractivity contribution in [3.63, 3.8) is 0 Å². The molecule has 2 nitrogen and oxygen atoms in total. The Bertz CT molecular complexity index is 294. The fraction of sp³-hybridized carbons (Fsp3) is 0.500. The van der Waals surface area contributed by atoms with E-state index in [0.717, 1.165) is 5.75 Å². The average Bonchev–Trinajstić information content (AvgIpc) is 2.13. The van der Waals surface area contributed by atoms with Gasteiger partial charge in [0.2, 0.25) is 0 Å². The third-order valence-electron chi connectivity index (χ3n) is 2.42. The van der Waals surface area contributed by atoms with E-state index in [1.807, 2.05) is 19.1 Å². The molecule has 14 heavy (non-hydrogen) atoms. The molecule has 1 aromatic rings. The Morgan fingerprint density at radius 1 is 1.36 bits per heavy atom. The summed E-state index contributed by atoms with van der Waals surface area (Å²) in [6.45, 7) is 6.26. The zero-order chi connectivity index (χ0) is 10.6. The monoisotopic (exact) mass is 194 g/mol. The molecular formula is C12H18O2. The van der Waals surface area contributed by atoms with Crippen LogP contribution < -0.4 is 4.74 Å². The van der Waals surface area contributed by atoms with Crippen molar-refractivity contribution >= 4 is 0 Å². The van der Waals surface area contributed by atoms with Gasteiger partial charge in [0.15, 0.2) is 0 Å². The van der Waals surface area contributed by atoms with Crippen LogP contribution >= 0.6 is 0 Å². The molecule has 0 aliphatic heterocycles. The van der Waals surface area contributed by atoms with Gasteiger partial charge in [-0.3, -0.25) is 0 Å². The van der Waals surface area contributed by atoms with Crippen molar-refractivity contribution in [1.29, 1.82) is 0 Å². The maximum absolute atomic E-state index is 8.76. The third-order valence-corrected chi connectivity index (χ3v) is 2.42. The maximum Gasteiger partial charge on any atom is 0.122 e. The largest absolute Gasteiger partial charge is 0.490 e. The Balaban J connectivity index is 2.71. The van der Waals surface area contributed by atoms with Gasteiger partial charge in [-0.1, -0.05) is 12.1 Å². The summed E-state index contributed by atoms with van der Waals surface area (Å²) < 4.78 is 5.71. The quantitative estimate of drug-likeness (QED) is 0.797. The third kappa shape index (κ3) is 2.74. The van der Waals surface area contributed by atoms with Gasteiger partial charge in [-0.05, 0) is 38.0 Å². The molecule has 0 aliphatic carbocycles. The summed E-state index contributed by atoms with van der Waals surface area (Å²) in [5, 5.41) is 8.76. The van der Waals surface area contributed by atoms with Crippen LogP contribution in [0.3, 0.4) is 0 Å². The number of aryl methyl sites for hydroxylation is 1. The van der Waals surface area contributed by atoms with E-state index in [4.69, 9.17) is 9.84 Å². The molecule has 0 saturated heterocycles. The van der Waals surface area contributed by atoms with E-state index in [2.05, 4.69) is 19.9 Å². The molecule has 1 atom stereocenters. The second-order valence-corrected chi connectivity index (χ2v) is 3.64. The zero-order valence-corrected chi connectivity index (χ0v) is 9.08. The lowest BCUT2D eigenvalue weighted by molar-refractivity contribution is 0.168. The lowest BCUT2D eigenvalue weighted by Gasteiger charge is -2.16. The highest BCUT2D eigenvalue weighted by Gasteiger charge is 2.06. The average molecular weight is 194 g/mol. The van der Waals surface area contributed by atoms with E-state index in [1.165, 1.54) is 11.1 Å². The summed E-state index contributed by atoms with van der Waals surface area (Å²) in [6, 6.07) is 6.03. The second-order valence-electron chi connectivity index (χ2n) is 3.64. The predicted octanol–water partition coefficient (Wildman–Crippen LogP) is 2.45. The van der Waals surface area contributed by atoms with Gasteiger partial charge in [0, 0.05) is 13.0 Å². The van der Waals surface area contributed by atoms with Gasteiger partial charge in [0.05, 0.1) is 6.10 Å². The van der Waals surface area contributed by atoms with E-state index in [9.17, 15) is 0 Å². The van der Waals surface area contributed by atoms with Crippen LogP contribution in [0.4, 0.5) is 0 Å². The van der Waals surface area contributed by atoms with Crippen LogP contribution in [-0.4, -0.2) is 17.8 Å². The standard InChI is InChI=1S/C12H18O2/c1-9-5-4-6-12(11(9)3)14-10(2)7-8-13/h4-6,10,13H,7-8H2,1-3H3. The van der Waals surface area contributed by atoms with E-state index >= 15 is 0 Å². The van der Waals surface area contributed by atoms with Crippen LogP contribution in [0.5, 0.6) is 5.75 Å². The molecule has 0 radical (unpaired) electrons. The van der Waals surface area contributed by atoms with Crippen molar-refractivity contribution in [3.05, 3.63) is 29.3 Å². The summed E-state index contributed by atoms with van der Waals surface area (Å²) in [6.07, 6.45) is 0.744. The molecule has 1 N–H and O–H groups in total. The number of benzene rings is 1. The minimum Gasteiger partial charge on any atom is -0.490 e. The van der Waals surface area contributed by atoms with Crippen molar-refractivity contribution in [3.8, 4) is 5.75 Å². The highest BCUT2D eigenvalue weighted by molar-refractivity contribution is 5.38. The van der Waals surface area contributed by atoms with Crippen LogP contribution in [0.2, 0.25) is 0 Å². The second kappa shape index (κ2) is 5.01. The first-order valence-electron chi connectivity index (χ1n) is 4.99. The van der Waals surface area contributed by atoms with Gasteiger partial charge in [-0.15, -0.1) is 0 Å². The zero-order valence-electron chi connectivity index (χ0n) is 9.08. The van der Waals surface area contributed by atoms with Crippen LogP contribution in [0.25, 0.3) is 0 Å². The summed E-state index contributed by atoms with van der Waals surface area (Å²) in [4.78, 5) is 0. The Hall–Kier alpha value is -1.02. The molecule has 0 spiro atoms. The lowest BCUT2D eigenvalue weighted by Crippen LogP contribution is -2.14. The van der Waals surface area contributed by atoms with Gasteiger partial charge < -0.3 is 9.84 Å². The number of hydrogen-bond donors (Lipinski definition) is 1. The molecule has 1 aromatic carbocycles. The predicted molar refractivity (Wildman–Crippen MR) is 57.7 cm³/mol. The van der Waals surface area contributed by atoms with E-state index in [-0.39, 0.29) is 12.7 Å². The molecule has 2 heteroatoms. The van der Waals surface area contributed by atoms with Gasteiger partial charge in [-0.25, -0.2) is 0 Å². The topological polar surface area (TPSA) is 29.5 Å². The Kier molecular flexibility index (Phi) is 3.96. The number of ether oxygens (including phenoxy) is 1. The van der Waals surface area contributed by atoms with Gasteiger partial charge in [0.25, 0.3) is 0 Å². The fourth-order valence-corrected chi connectivity index (χ4v) is 1.31. The van der Waals surface area contributed by atoms with Crippen molar-refractivity contribution in [2.45, 2.75) is 33.3 Å². The minimum absolute atomic E-state index is 0.0699. The highest BCUT2D eigenvalue weighted by atomic mass is 16.5. The lowest BCUT2D eigenvalue weighted by atomic mass is 10.1. The van der Waals surface area contributed by atoms with Gasteiger partial charge in [-0.2, -0.15) is 0 Å². The fourth-order valence-electron chi connectivity index (χ4n) is 1.31. The summed E-state index contributed by atoms with van der Waals surface area (Å²) in [5.41, 5.74) is 2.41. The first-order valence-corrected chi connectivity index (χ1v) is 4.99. The minimum atomic E-state index is 0.0699. The Morgan fingerprint density at radius 2 is 2.07 bits per heavy atom. The van der Waals surface area contributed by atoms with Crippen molar-refractivity contribution in [2.24, 2.45) is 0 Å². The normalized spacial score (nSPS) is 12.6. The van der Waals surface area contributed by atoms with Gasteiger partial charge >= 0.3 is 0 Å². The van der Waals surface area contributed by atoms with Crippen molar-refractivity contribution in [2.75, 3.05) is 6.61 Å². The number of aliphatic hydroxyl groups is 1. The molecule has 78 valence electrons. The smallest absolute Gasteiger partial charge is 0.122 e. The molecule has 0 bridgehead atoms. The summed E-state index contributed by atoms with van der Waals surface area (Å²) >= 11 is 0. The first kappa shape index (κ1) is 11.1. The van der Waals surface area contributed by atoms with Crippen LogP contribution in [-0.2, 0) is 0 Å². The maximum atomic E-state index is 8.76. The molecule has 0 amide bonds. The van der Waals surface area contributed by atoms with E-state index in [1.54, 1.807) is 0 Å². The first-order chi connectivity index (χ1) is 6.65. The van der Waals surface area contributed by atoms with Crippen LogP contribution in [0.15, 0.2) is 18.2 Å². The summed E-state index contributed by atoms with van der Waals surface area (Å²) in [5.74, 6) is 0.922.